The summed E-state index contributed by atoms with van der Waals surface area (Å²) in [5, 5.41) is 14.4. The molecule has 0 saturated heterocycles. The maximum atomic E-state index is 9.68. The molecule has 2 rings (SSSR count). The first-order chi connectivity index (χ1) is 9.67. The number of pyridine rings is 1. The maximum absolute atomic E-state index is 9.68. The van der Waals surface area contributed by atoms with Gasteiger partial charge in [-0.2, -0.15) is 0 Å². The second-order valence-corrected chi connectivity index (χ2v) is 5.20. The van der Waals surface area contributed by atoms with E-state index >= 15 is 0 Å². The molecule has 0 fully saturated rings. The number of aliphatic hydroxyl groups is 1. The summed E-state index contributed by atoms with van der Waals surface area (Å²) in [6.45, 7) is 7.02. The van der Waals surface area contributed by atoms with Crippen LogP contribution in [0.3, 0.4) is 0 Å². The molecule has 0 aliphatic heterocycles. The highest BCUT2D eigenvalue weighted by Gasteiger charge is 2.11. The second-order valence-electron chi connectivity index (χ2n) is 5.20. The fourth-order valence-corrected chi connectivity index (χ4v) is 2.58. The van der Waals surface area contributed by atoms with Crippen molar-refractivity contribution in [2.45, 2.75) is 46.1 Å². The van der Waals surface area contributed by atoms with Crippen molar-refractivity contribution in [2.75, 3.05) is 11.9 Å². The minimum absolute atomic E-state index is 0.221. The SMILES string of the molecule is CCc1c(C)nc2ccccc2c1NCCC(O)CC. The lowest BCUT2D eigenvalue weighted by Crippen LogP contribution is -2.14. The van der Waals surface area contributed by atoms with Gasteiger partial charge in [-0.15, -0.1) is 0 Å². The molecule has 0 bridgehead atoms. The van der Waals surface area contributed by atoms with E-state index in [1.807, 2.05) is 25.1 Å². The van der Waals surface area contributed by atoms with Gasteiger partial charge in [-0.05, 0) is 37.8 Å². The maximum Gasteiger partial charge on any atom is 0.0726 e. The molecule has 1 aromatic carbocycles. The van der Waals surface area contributed by atoms with Crippen LogP contribution in [0.15, 0.2) is 24.3 Å². The first kappa shape index (κ1) is 14.8. The fourth-order valence-electron chi connectivity index (χ4n) is 2.58. The molecule has 2 N–H and O–H groups in total. The molecule has 1 unspecified atom stereocenters. The summed E-state index contributed by atoms with van der Waals surface area (Å²) in [6.07, 6.45) is 2.32. The Kier molecular flexibility index (Phi) is 4.96. The first-order valence-electron chi connectivity index (χ1n) is 7.47. The number of aryl methyl sites for hydroxylation is 1. The predicted molar refractivity (Wildman–Crippen MR) is 85.3 cm³/mol. The summed E-state index contributed by atoms with van der Waals surface area (Å²) in [4.78, 5) is 4.68. The van der Waals surface area contributed by atoms with Crippen LogP contribution in [0.4, 0.5) is 5.69 Å². The third-order valence-electron chi connectivity index (χ3n) is 3.80. The Morgan fingerprint density at radius 1 is 1.25 bits per heavy atom. The molecule has 1 atom stereocenters. The zero-order chi connectivity index (χ0) is 14.5. The van der Waals surface area contributed by atoms with E-state index in [-0.39, 0.29) is 6.10 Å². The summed E-state index contributed by atoms with van der Waals surface area (Å²) in [5.41, 5.74) is 4.57. The minimum atomic E-state index is -0.221. The number of anilines is 1. The van der Waals surface area contributed by atoms with Crippen molar-refractivity contribution >= 4 is 16.6 Å². The Morgan fingerprint density at radius 2 is 2.00 bits per heavy atom. The molecule has 0 aliphatic carbocycles. The van der Waals surface area contributed by atoms with E-state index in [0.29, 0.717) is 0 Å². The highest BCUT2D eigenvalue weighted by atomic mass is 16.3. The van der Waals surface area contributed by atoms with Crippen molar-refractivity contribution in [3.8, 4) is 0 Å². The molecule has 108 valence electrons. The molecule has 0 aliphatic rings. The number of hydrogen-bond donors (Lipinski definition) is 2. The van der Waals surface area contributed by atoms with E-state index in [2.05, 4.69) is 30.2 Å². The Labute approximate surface area is 121 Å². The van der Waals surface area contributed by atoms with Gasteiger partial charge in [-0.1, -0.05) is 32.0 Å². The molecule has 3 nitrogen and oxygen atoms in total. The van der Waals surface area contributed by atoms with Crippen molar-refractivity contribution in [3.63, 3.8) is 0 Å². The molecular weight excluding hydrogens is 248 g/mol. The predicted octanol–water partition coefficient (Wildman–Crippen LogP) is 3.68. The number of aliphatic hydroxyl groups excluding tert-OH is 1. The second kappa shape index (κ2) is 6.71. The normalized spacial score (nSPS) is 12.6. The van der Waals surface area contributed by atoms with Crippen LogP contribution in [0, 0.1) is 6.92 Å². The zero-order valence-electron chi connectivity index (χ0n) is 12.6. The van der Waals surface area contributed by atoms with Crippen LogP contribution >= 0.6 is 0 Å². The molecular formula is C17H24N2O. The van der Waals surface area contributed by atoms with Gasteiger partial charge in [0.1, 0.15) is 0 Å². The van der Waals surface area contributed by atoms with Crippen LogP contribution in [0.2, 0.25) is 0 Å². The topological polar surface area (TPSA) is 45.2 Å². The van der Waals surface area contributed by atoms with E-state index in [0.717, 1.165) is 37.0 Å². The zero-order valence-corrected chi connectivity index (χ0v) is 12.6. The molecule has 1 heterocycles. The van der Waals surface area contributed by atoms with E-state index in [1.54, 1.807) is 0 Å². The van der Waals surface area contributed by atoms with Crippen molar-refractivity contribution in [2.24, 2.45) is 0 Å². The molecule has 0 amide bonds. The smallest absolute Gasteiger partial charge is 0.0726 e. The average Bonchev–Trinajstić information content (AvgIpc) is 2.46. The van der Waals surface area contributed by atoms with E-state index in [9.17, 15) is 5.11 Å². The summed E-state index contributed by atoms with van der Waals surface area (Å²) >= 11 is 0. The quantitative estimate of drug-likeness (QED) is 0.843. The summed E-state index contributed by atoms with van der Waals surface area (Å²) in [5.74, 6) is 0. The third kappa shape index (κ3) is 3.10. The molecule has 0 spiro atoms. The van der Waals surface area contributed by atoms with Crippen LogP contribution in [0.1, 0.15) is 37.9 Å². The van der Waals surface area contributed by atoms with Crippen LogP contribution < -0.4 is 5.32 Å². The molecule has 1 aromatic heterocycles. The molecule has 3 heteroatoms. The minimum Gasteiger partial charge on any atom is -0.393 e. The fraction of sp³-hybridized carbons (Fsp3) is 0.471. The Balaban J connectivity index is 2.33. The lowest BCUT2D eigenvalue weighted by Gasteiger charge is -2.17. The number of benzene rings is 1. The van der Waals surface area contributed by atoms with Gasteiger partial charge in [0.25, 0.3) is 0 Å². The molecule has 2 aromatic rings. The van der Waals surface area contributed by atoms with Crippen molar-refractivity contribution in [1.82, 2.24) is 4.98 Å². The number of rotatable bonds is 6. The van der Waals surface area contributed by atoms with Crippen LogP contribution in [0.5, 0.6) is 0 Å². The van der Waals surface area contributed by atoms with Gasteiger partial charge in [0.05, 0.1) is 11.6 Å². The number of para-hydroxylation sites is 1. The van der Waals surface area contributed by atoms with Gasteiger partial charge in [0, 0.05) is 23.3 Å². The summed E-state index contributed by atoms with van der Waals surface area (Å²) in [7, 11) is 0. The highest BCUT2D eigenvalue weighted by Crippen LogP contribution is 2.28. The Bertz CT molecular complexity index is 580. The van der Waals surface area contributed by atoms with Crippen molar-refractivity contribution in [1.29, 1.82) is 0 Å². The van der Waals surface area contributed by atoms with Gasteiger partial charge >= 0.3 is 0 Å². The van der Waals surface area contributed by atoms with Gasteiger partial charge < -0.3 is 10.4 Å². The summed E-state index contributed by atoms with van der Waals surface area (Å²) < 4.78 is 0. The number of hydrogen-bond acceptors (Lipinski definition) is 3. The lowest BCUT2D eigenvalue weighted by molar-refractivity contribution is 0.164. The molecule has 0 radical (unpaired) electrons. The number of nitrogens with one attached hydrogen (secondary N) is 1. The van der Waals surface area contributed by atoms with E-state index < -0.39 is 0 Å². The summed E-state index contributed by atoms with van der Waals surface area (Å²) in [6, 6.07) is 8.23. The van der Waals surface area contributed by atoms with E-state index in [1.165, 1.54) is 16.6 Å². The van der Waals surface area contributed by atoms with Gasteiger partial charge in [0.2, 0.25) is 0 Å². The van der Waals surface area contributed by atoms with E-state index in [4.69, 9.17) is 0 Å². The van der Waals surface area contributed by atoms with Crippen LogP contribution in [-0.2, 0) is 6.42 Å². The van der Waals surface area contributed by atoms with Crippen LogP contribution in [0.25, 0.3) is 10.9 Å². The first-order valence-corrected chi connectivity index (χ1v) is 7.47. The number of nitrogens with zero attached hydrogens (tertiary/aromatic N) is 1. The van der Waals surface area contributed by atoms with Crippen molar-refractivity contribution in [3.05, 3.63) is 35.5 Å². The van der Waals surface area contributed by atoms with Gasteiger partial charge in [-0.25, -0.2) is 0 Å². The third-order valence-corrected chi connectivity index (χ3v) is 3.80. The Hall–Kier alpha value is -1.61. The largest absolute Gasteiger partial charge is 0.393 e. The van der Waals surface area contributed by atoms with Gasteiger partial charge in [0.15, 0.2) is 0 Å². The van der Waals surface area contributed by atoms with Gasteiger partial charge in [-0.3, -0.25) is 4.98 Å². The average molecular weight is 272 g/mol. The monoisotopic (exact) mass is 272 g/mol. The Morgan fingerprint density at radius 3 is 2.70 bits per heavy atom. The lowest BCUT2D eigenvalue weighted by atomic mass is 10.0. The standard InChI is InChI=1S/C17H24N2O/c1-4-13(20)10-11-18-17-14(5-2)12(3)19-16-9-7-6-8-15(16)17/h6-9,13,20H,4-5,10-11H2,1-3H3,(H,18,19). The van der Waals surface area contributed by atoms with Crippen LogP contribution in [-0.4, -0.2) is 22.7 Å². The molecule has 20 heavy (non-hydrogen) atoms. The molecule has 0 saturated carbocycles. The number of aromatic nitrogens is 1. The highest BCUT2D eigenvalue weighted by molar-refractivity contribution is 5.93. The number of fused-ring (bicyclic) bond motifs is 1. The van der Waals surface area contributed by atoms with Crippen molar-refractivity contribution < 1.29 is 5.11 Å².